The molecule has 0 saturated heterocycles. The number of rotatable bonds is 2. The number of aryl methyl sites for hydroxylation is 2. The molecule has 128 valence electrons. The van der Waals surface area contributed by atoms with Crippen molar-refractivity contribution in [1.82, 2.24) is 0 Å². The minimum Gasteiger partial charge on any atom is -1.00 e. The summed E-state index contributed by atoms with van der Waals surface area (Å²) >= 11 is 0. The first-order chi connectivity index (χ1) is 10.8. The molecule has 0 unspecified atom stereocenters. The minimum absolute atomic E-state index is 0. The molecule has 0 aromatic heterocycles. The number of halogens is 2. The van der Waals surface area contributed by atoms with Crippen LogP contribution >= 0.6 is 0 Å². The van der Waals surface area contributed by atoms with Gasteiger partial charge < -0.3 is 24.8 Å². The Balaban J connectivity index is 0.000000411. The van der Waals surface area contributed by atoms with E-state index in [4.69, 9.17) is 0 Å². The van der Waals surface area contributed by atoms with E-state index in [1.165, 1.54) is 32.7 Å². The second kappa shape index (κ2) is 11.7. The van der Waals surface area contributed by atoms with Crippen molar-refractivity contribution < 1.29 is 50.7 Å². The molecule has 4 aromatic carbocycles. The average molecular weight is 536 g/mol. The van der Waals surface area contributed by atoms with Crippen LogP contribution in [0.1, 0.15) is 25.0 Å². The second-order valence-electron chi connectivity index (χ2n) is 5.69. The molecule has 0 aliphatic rings. The largest absolute Gasteiger partial charge is 4.00 e. The third-order valence-corrected chi connectivity index (χ3v) is 4.17. The molecule has 0 amide bonds. The van der Waals surface area contributed by atoms with Gasteiger partial charge in [-0.25, -0.2) is 0 Å². The number of hydrogen-bond donors (Lipinski definition) is 0. The van der Waals surface area contributed by atoms with Crippen molar-refractivity contribution in [1.29, 1.82) is 0 Å². The zero-order chi connectivity index (χ0) is 15.4. The fourth-order valence-corrected chi connectivity index (χ4v) is 2.84. The van der Waals surface area contributed by atoms with E-state index in [1.54, 1.807) is 0 Å². The molecular weight excluding hydrogens is 514 g/mol. The summed E-state index contributed by atoms with van der Waals surface area (Å²) < 4.78 is 0. The van der Waals surface area contributed by atoms with Gasteiger partial charge in [0.2, 0.25) is 0 Å². The van der Waals surface area contributed by atoms with Crippen LogP contribution in [-0.2, 0) is 38.7 Å². The van der Waals surface area contributed by atoms with Gasteiger partial charge in [0.15, 0.2) is 0 Å². The van der Waals surface area contributed by atoms with Crippen molar-refractivity contribution in [3.05, 3.63) is 83.9 Å². The Morgan fingerprint density at radius 1 is 0.640 bits per heavy atom. The first-order valence-corrected chi connectivity index (χ1v) is 8.09. The molecule has 4 rings (SSSR count). The summed E-state index contributed by atoms with van der Waals surface area (Å²) in [6.45, 7) is 4.38. The van der Waals surface area contributed by atoms with Gasteiger partial charge in [0.05, 0.1) is 0 Å². The third kappa shape index (κ3) is 6.09. The Kier molecular flexibility index (Phi) is 11.3. The Hall–Kier alpha value is -0.890. The van der Waals surface area contributed by atoms with Gasteiger partial charge in [-0.2, -0.15) is 12.1 Å². The van der Waals surface area contributed by atoms with Gasteiger partial charge in [-0.3, -0.25) is 0 Å². The quantitative estimate of drug-likeness (QED) is 0.255. The third-order valence-electron chi connectivity index (χ3n) is 4.17. The molecule has 25 heavy (non-hydrogen) atoms. The normalized spacial score (nSPS) is 9.36. The molecule has 0 radical (unpaired) electrons. The standard InChI is InChI=1S/2C11H11.2ClH.Hf/c2*1-2-9-7-10-5-3-4-6-11(10)8-9;;;/h2*3-8H,2H2,1H3;2*1H;/q2*-1;;;+4/p-2. The van der Waals surface area contributed by atoms with E-state index >= 15 is 0 Å². The smallest absolute Gasteiger partial charge is 1.00 e. The van der Waals surface area contributed by atoms with Crippen LogP contribution < -0.4 is 24.8 Å². The summed E-state index contributed by atoms with van der Waals surface area (Å²) in [4.78, 5) is 0. The molecule has 0 N–H and O–H groups in total. The molecule has 0 fully saturated rings. The summed E-state index contributed by atoms with van der Waals surface area (Å²) in [7, 11) is 0. The monoisotopic (exact) mass is 536 g/mol. The fourth-order valence-electron chi connectivity index (χ4n) is 2.84. The molecule has 0 bridgehead atoms. The zero-order valence-corrected chi connectivity index (χ0v) is 19.7. The van der Waals surface area contributed by atoms with E-state index in [2.05, 4.69) is 86.6 Å². The van der Waals surface area contributed by atoms with Crippen LogP contribution in [0.5, 0.6) is 0 Å². The summed E-state index contributed by atoms with van der Waals surface area (Å²) in [5.74, 6) is 0. The van der Waals surface area contributed by atoms with Gasteiger partial charge in [-0.15, -0.1) is 81.2 Å². The van der Waals surface area contributed by atoms with Gasteiger partial charge in [-0.1, -0.05) is 26.0 Å². The average Bonchev–Trinajstić information content (AvgIpc) is 3.18. The number of fused-ring (bicyclic) bond motifs is 2. The Morgan fingerprint density at radius 3 is 1.32 bits per heavy atom. The molecule has 0 aliphatic carbocycles. The van der Waals surface area contributed by atoms with E-state index in [-0.39, 0.29) is 50.7 Å². The first kappa shape index (κ1) is 24.1. The molecule has 0 aliphatic heterocycles. The maximum atomic E-state index is 2.26. The van der Waals surface area contributed by atoms with Gasteiger partial charge in [0.25, 0.3) is 0 Å². The number of hydrogen-bond acceptors (Lipinski definition) is 0. The summed E-state index contributed by atoms with van der Waals surface area (Å²) in [6.07, 6.45) is 2.27. The van der Waals surface area contributed by atoms with Crippen molar-refractivity contribution >= 4 is 21.5 Å². The summed E-state index contributed by atoms with van der Waals surface area (Å²) in [5, 5.41) is 5.46. The number of benzene rings is 2. The SMILES string of the molecule is CCc1cc2ccccc2[cH-]1.CCc1cc2ccccc2[cH-]1.[Cl-].[Cl-].[Hf+4]. The molecule has 0 atom stereocenters. The summed E-state index contributed by atoms with van der Waals surface area (Å²) in [5.41, 5.74) is 2.87. The van der Waals surface area contributed by atoms with Crippen LogP contribution in [0.3, 0.4) is 0 Å². The zero-order valence-electron chi connectivity index (χ0n) is 14.6. The van der Waals surface area contributed by atoms with E-state index in [9.17, 15) is 0 Å². The van der Waals surface area contributed by atoms with Crippen LogP contribution in [0.4, 0.5) is 0 Å². The maximum Gasteiger partial charge on any atom is 4.00 e. The van der Waals surface area contributed by atoms with Crippen molar-refractivity contribution in [3.8, 4) is 0 Å². The molecule has 4 aromatic rings. The second-order valence-corrected chi connectivity index (χ2v) is 5.69. The van der Waals surface area contributed by atoms with Crippen LogP contribution in [0, 0.1) is 0 Å². The molecule has 0 nitrogen and oxygen atoms in total. The van der Waals surface area contributed by atoms with Crippen molar-refractivity contribution in [2.45, 2.75) is 26.7 Å². The molecular formula is C22H22Cl2Hf. The van der Waals surface area contributed by atoms with Gasteiger partial charge in [0, 0.05) is 0 Å². The van der Waals surface area contributed by atoms with Crippen molar-refractivity contribution in [2.24, 2.45) is 0 Å². The van der Waals surface area contributed by atoms with Crippen molar-refractivity contribution in [3.63, 3.8) is 0 Å². The van der Waals surface area contributed by atoms with Crippen LogP contribution in [0.2, 0.25) is 0 Å². The van der Waals surface area contributed by atoms with Gasteiger partial charge >= 0.3 is 25.8 Å². The van der Waals surface area contributed by atoms with E-state index < -0.39 is 0 Å². The van der Waals surface area contributed by atoms with E-state index in [1.807, 2.05) is 0 Å². The molecule has 3 heteroatoms. The van der Waals surface area contributed by atoms with Gasteiger partial charge in [-0.05, 0) is 12.8 Å². The maximum absolute atomic E-state index is 2.26. The van der Waals surface area contributed by atoms with Gasteiger partial charge in [0.1, 0.15) is 0 Å². The van der Waals surface area contributed by atoms with E-state index in [0.717, 1.165) is 12.8 Å². The van der Waals surface area contributed by atoms with Crippen LogP contribution in [-0.4, -0.2) is 0 Å². The molecule has 0 spiro atoms. The minimum atomic E-state index is 0. The predicted molar refractivity (Wildman–Crippen MR) is 97.8 cm³/mol. The Bertz CT molecular complexity index is 734. The predicted octanol–water partition coefficient (Wildman–Crippen LogP) is 0.248. The van der Waals surface area contributed by atoms with Crippen LogP contribution in [0.15, 0.2) is 72.8 Å². The molecule has 0 saturated carbocycles. The molecule has 0 heterocycles. The Morgan fingerprint density at radius 2 is 1.00 bits per heavy atom. The first-order valence-electron chi connectivity index (χ1n) is 8.09. The summed E-state index contributed by atoms with van der Waals surface area (Å²) in [6, 6.07) is 26.0. The van der Waals surface area contributed by atoms with Crippen LogP contribution in [0.25, 0.3) is 21.5 Å². The van der Waals surface area contributed by atoms with Crippen molar-refractivity contribution in [2.75, 3.05) is 0 Å². The Labute approximate surface area is 182 Å². The topological polar surface area (TPSA) is 0 Å². The van der Waals surface area contributed by atoms with E-state index in [0.29, 0.717) is 0 Å². The fraction of sp³-hybridized carbons (Fsp3) is 0.182.